The number of nitro groups is 1. The highest BCUT2D eigenvalue weighted by atomic mass is 19.1. The van der Waals surface area contributed by atoms with Gasteiger partial charge < -0.3 is 4.74 Å². The Labute approximate surface area is 104 Å². The molecule has 2 atom stereocenters. The molecule has 18 heavy (non-hydrogen) atoms. The lowest BCUT2D eigenvalue weighted by molar-refractivity contribution is -0.522. The molecule has 0 aromatic heterocycles. The maximum atomic E-state index is 12.8. The minimum atomic E-state index is -0.949. The Morgan fingerprint density at radius 2 is 2.00 bits per heavy atom. The lowest BCUT2D eigenvalue weighted by atomic mass is 9.90. The molecule has 0 heterocycles. The number of nitrogens with zero attached hydrogens (tertiary/aromatic N) is 1. The van der Waals surface area contributed by atoms with E-state index in [1.54, 1.807) is 0 Å². The lowest BCUT2D eigenvalue weighted by Crippen LogP contribution is -2.26. The van der Waals surface area contributed by atoms with Crippen LogP contribution in [0.1, 0.15) is 24.8 Å². The van der Waals surface area contributed by atoms with Crippen LogP contribution < -0.4 is 0 Å². The summed E-state index contributed by atoms with van der Waals surface area (Å²) < 4.78 is 17.3. The summed E-state index contributed by atoms with van der Waals surface area (Å²) in [5.74, 6) is -1.59. The zero-order chi connectivity index (χ0) is 13.7. The Morgan fingerprint density at radius 3 is 2.44 bits per heavy atom. The van der Waals surface area contributed by atoms with Crippen LogP contribution >= 0.6 is 0 Å². The first-order valence-corrected chi connectivity index (χ1v) is 5.41. The maximum absolute atomic E-state index is 12.8. The van der Waals surface area contributed by atoms with Crippen LogP contribution in [0.25, 0.3) is 0 Å². The van der Waals surface area contributed by atoms with Crippen molar-refractivity contribution in [3.8, 4) is 0 Å². The van der Waals surface area contributed by atoms with Crippen molar-refractivity contribution in [3.05, 3.63) is 45.8 Å². The molecule has 0 bridgehead atoms. The molecule has 1 aromatic rings. The molecule has 5 nitrogen and oxygen atoms in total. The lowest BCUT2D eigenvalue weighted by Gasteiger charge is -2.17. The zero-order valence-electron chi connectivity index (χ0n) is 10.1. The molecule has 0 radical (unpaired) electrons. The van der Waals surface area contributed by atoms with E-state index in [9.17, 15) is 19.3 Å². The van der Waals surface area contributed by atoms with Crippen LogP contribution in [0.3, 0.4) is 0 Å². The number of carbonyl (C=O) groups is 1. The molecular formula is C12H14FNO4. The molecule has 0 saturated carbocycles. The van der Waals surface area contributed by atoms with E-state index >= 15 is 0 Å². The summed E-state index contributed by atoms with van der Waals surface area (Å²) in [7, 11) is 1.22. The monoisotopic (exact) mass is 255 g/mol. The van der Waals surface area contributed by atoms with Gasteiger partial charge >= 0.3 is 5.97 Å². The van der Waals surface area contributed by atoms with Crippen molar-refractivity contribution in [3.63, 3.8) is 0 Å². The highest BCUT2D eigenvalue weighted by Gasteiger charge is 2.30. The molecule has 0 fully saturated rings. The minimum Gasteiger partial charge on any atom is -0.469 e. The number of hydrogen-bond acceptors (Lipinski definition) is 4. The Bertz CT molecular complexity index is 432. The van der Waals surface area contributed by atoms with Gasteiger partial charge in [0.15, 0.2) is 0 Å². The second kappa shape index (κ2) is 6.09. The van der Waals surface area contributed by atoms with Gasteiger partial charge in [0.05, 0.1) is 19.4 Å². The van der Waals surface area contributed by atoms with E-state index in [-0.39, 0.29) is 6.42 Å². The molecule has 0 N–H and O–H groups in total. The van der Waals surface area contributed by atoms with E-state index in [1.807, 2.05) is 0 Å². The summed E-state index contributed by atoms with van der Waals surface area (Å²) in [5.41, 5.74) is 0.547. The minimum absolute atomic E-state index is 0.107. The van der Waals surface area contributed by atoms with Gasteiger partial charge in [0.25, 0.3) is 0 Å². The van der Waals surface area contributed by atoms with Gasteiger partial charge in [0.2, 0.25) is 6.04 Å². The summed E-state index contributed by atoms with van der Waals surface area (Å²) in [6.45, 7) is 1.41. The average Bonchev–Trinajstić information content (AvgIpc) is 2.36. The highest BCUT2D eigenvalue weighted by molar-refractivity contribution is 5.70. The van der Waals surface area contributed by atoms with E-state index in [0.29, 0.717) is 5.56 Å². The van der Waals surface area contributed by atoms with Crippen molar-refractivity contribution >= 4 is 5.97 Å². The molecule has 0 aliphatic carbocycles. The first-order chi connectivity index (χ1) is 8.45. The highest BCUT2D eigenvalue weighted by Crippen LogP contribution is 2.26. The van der Waals surface area contributed by atoms with E-state index in [2.05, 4.69) is 4.74 Å². The molecule has 0 saturated heterocycles. The van der Waals surface area contributed by atoms with Crippen LogP contribution in [0.15, 0.2) is 24.3 Å². The quantitative estimate of drug-likeness (QED) is 0.459. The first-order valence-electron chi connectivity index (χ1n) is 5.41. The fraction of sp³-hybridized carbons (Fsp3) is 0.417. The number of benzene rings is 1. The van der Waals surface area contributed by atoms with Crippen LogP contribution in [0.4, 0.5) is 4.39 Å². The number of carbonyl (C=O) groups excluding carboxylic acids is 1. The van der Waals surface area contributed by atoms with E-state index in [4.69, 9.17) is 0 Å². The fourth-order valence-electron chi connectivity index (χ4n) is 1.69. The molecule has 98 valence electrons. The van der Waals surface area contributed by atoms with Crippen LogP contribution in [0, 0.1) is 15.9 Å². The predicted octanol–water partition coefficient (Wildman–Crippen LogP) is 2.14. The molecule has 0 amide bonds. The molecule has 1 aromatic carbocycles. The van der Waals surface area contributed by atoms with Crippen molar-refractivity contribution in [2.24, 2.45) is 0 Å². The Hall–Kier alpha value is -1.98. The molecule has 0 aliphatic rings. The molecular weight excluding hydrogens is 241 g/mol. The van der Waals surface area contributed by atoms with E-state index in [1.165, 1.54) is 38.3 Å². The van der Waals surface area contributed by atoms with Gasteiger partial charge in [-0.1, -0.05) is 12.1 Å². The molecule has 0 aliphatic heterocycles. The van der Waals surface area contributed by atoms with Gasteiger partial charge in [0.1, 0.15) is 5.82 Å². The SMILES string of the molecule is COC(=O)C[C@@H](c1ccc(F)cc1)[C@H](C)[N+](=O)[O-]. The second-order valence-electron chi connectivity index (χ2n) is 3.96. The number of esters is 1. The fourth-order valence-corrected chi connectivity index (χ4v) is 1.69. The number of methoxy groups -OCH3 is 1. The Balaban J connectivity index is 2.99. The van der Waals surface area contributed by atoms with Gasteiger partial charge in [-0.05, 0) is 17.7 Å². The Morgan fingerprint density at radius 1 is 1.44 bits per heavy atom. The topological polar surface area (TPSA) is 69.4 Å². The van der Waals surface area contributed by atoms with Crippen molar-refractivity contribution in [2.45, 2.75) is 25.3 Å². The number of ether oxygens (including phenoxy) is 1. The standard InChI is InChI=1S/C12H14FNO4/c1-8(14(16)17)11(7-12(15)18-2)9-3-5-10(13)6-4-9/h3-6,8,11H,7H2,1-2H3/t8-,11+/m0/s1. The summed E-state index contributed by atoms with van der Waals surface area (Å²) >= 11 is 0. The normalized spacial score (nSPS) is 13.7. The van der Waals surface area contributed by atoms with Crippen LogP contribution in [0.2, 0.25) is 0 Å². The van der Waals surface area contributed by atoms with Crippen LogP contribution in [-0.2, 0) is 9.53 Å². The van der Waals surface area contributed by atoms with E-state index < -0.39 is 28.7 Å². The average molecular weight is 255 g/mol. The molecule has 0 unspecified atom stereocenters. The first kappa shape index (κ1) is 14.1. The summed E-state index contributed by atoms with van der Waals surface area (Å²) in [4.78, 5) is 21.6. The smallest absolute Gasteiger partial charge is 0.306 e. The van der Waals surface area contributed by atoms with Gasteiger partial charge in [-0.3, -0.25) is 14.9 Å². The molecule has 1 rings (SSSR count). The van der Waals surface area contributed by atoms with Crippen LogP contribution in [-0.4, -0.2) is 24.0 Å². The summed E-state index contributed by atoms with van der Waals surface area (Å²) in [6.07, 6.45) is -0.107. The maximum Gasteiger partial charge on any atom is 0.306 e. The van der Waals surface area contributed by atoms with Gasteiger partial charge in [0, 0.05) is 11.8 Å². The number of halogens is 1. The predicted molar refractivity (Wildman–Crippen MR) is 62.2 cm³/mol. The Kier molecular flexibility index (Phi) is 4.76. The van der Waals surface area contributed by atoms with Crippen molar-refractivity contribution in [1.29, 1.82) is 0 Å². The van der Waals surface area contributed by atoms with Gasteiger partial charge in [-0.2, -0.15) is 0 Å². The third-order valence-corrected chi connectivity index (χ3v) is 2.83. The molecule has 0 spiro atoms. The molecule has 6 heteroatoms. The van der Waals surface area contributed by atoms with Gasteiger partial charge in [-0.15, -0.1) is 0 Å². The van der Waals surface area contributed by atoms with E-state index in [0.717, 1.165) is 0 Å². The third kappa shape index (κ3) is 3.51. The van der Waals surface area contributed by atoms with Gasteiger partial charge in [-0.25, -0.2) is 4.39 Å². The van der Waals surface area contributed by atoms with Crippen LogP contribution in [0.5, 0.6) is 0 Å². The summed E-state index contributed by atoms with van der Waals surface area (Å²) in [6, 6.07) is 4.37. The number of hydrogen-bond donors (Lipinski definition) is 0. The second-order valence-corrected chi connectivity index (χ2v) is 3.96. The summed E-state index contributed by atoms with van der Waals surface area (Å²) in [5, 5.41) is 10.8. The third-order valence-electron chi connectivity index (χ3n) is 2.83. The van der Waals surface area contributed by atoms with Crippen molar-refractivity contribution in [2.75, 3.05) is 7.11 Å². The zero-order valence-corrected chi connectivity index (χ0v) is 10.1. The number of rotatable bonds is 5. The largest absolute Gasteiger partial charge is 0.469 e. The van der Waals surface area contributed by atoms with Crippen molar-refractivity contribution < 1.29 is 18.8 Å². The van der Waals surface area contributed by atoms with Crippen molar-refractivity contribution in [1.82, 2.24) is 0 Å².